The summed E-state index contributed by atoms with van der Waals surface area (Å²) in [4.78, 5) is 2.56. The average Bonchev–Trinajstić information content (AvgIpc) is 2.33. The Morgan fingerprint density at radius 1 is 1.29 bits per heavy atom. The molecule has 0 bridgehead atoms. The molecule has 0 aliphatic carbocycles. The molecule has 0 aromatic carbocycles. The second kappa shape index (κ2) is 8.90. The smallest absolute Gasteiger partial charge is 0.0700 e. The van der Waals surface area contributed by atoms with Crippen LogP contribution in [-0.4, -0.2) is 49.8 Å². The Hall–Kier alpha value is -0.120. The topological polar surface area (TPSA) is 24.5 Å². The lowest BCUT2D eigenvalue weighted by molar-refractivity contribution is -0.0299. The fraction of sp³-hybridized carbons (Fsp3) is 1.00. The van der Waals surface area contributed by atoms with E-state index in [1.54, 1.807) is 0 Å². The molecule has 0 aromatic heterocycles. The highest BCUT2D eigenvalue weighted by Gasteiger charge is 2.17. The monoisotopic (exact) mass is 242 g/mol. The van der Waals surface area contributed by atoms with Gasteiger partial charge in [0.2, 0.25) is 0 Å². The Labute approximate surface area is 107 Å². The SMILES string of the molecule is CCC1CN(CCCCCNC(C)C)CCO1. The van der Waals surface area contributed by atoms with Gasteiger partial charge >= 0.3 is 0 Å². The van der Waals surface area contributed by atoms with Gasteiger partial charge in [0.25, 0.3) is 0 Å². The van der Waals surface area contributed by atoms with Crippen LogP contribution in [0.5, 0.6) is 0 Å². The number of nitrogens with zero attached hydrogens (tertiary/aromatic N) is 1. The summed E-state index contributed by atoms with van der Waals surface area (Å²) in [6, 6.07) is 0.625. The van der Waals surface area contributed by atoms with Gasteiger partial charge in [-0.05, 0) is 32.4 Å². The molecule has 1 aliphatic heterocycles. The molecule has 1 heterocycles. The summed E-state index contributed by atoms with van der Waals surface area (Å²) in [6.07, 6.45) is 5.60. The Balaban J connectivity index is 1.95. The third-order valence-electron chi connectivity index (χ3n) is 3.38. The highest BCUT2D eigenvalue weighted by atomic mass is 16.5. The Bertz CT molecular complexity index is 185. The molecule has 1 saturated heterocycles. The predicted molar refractivity (Wildman–Crippen MR) is 73.5 cm³/mol. The van der Waals surface area contributed by atoms with Gasteiger partial charge in [0.15, 0.2) is 0 Å². The number of rotatable bonds is 8. The number of hydrogen-bond donors (Lipinski definition) is 1. The first-order valence-corrected chi connectivity index (χ1v) is 7.29. The van der Waals surface area contributed by atoms with Crippen molar-refractivity contribution in [3.05, 3.63) is 0 Å². The number of morpholine rings is 1. The van der Waals surface area contributed by atoms with Crippen molar-refractivity contribution in [3.63, 3.8) is 0 Å². The van der Waals surface area contributed by atoms with Crippen molar-refractivity contribution >= 4 is 0 Å². The predicted octanol–water partition coefficient (Wildman–Crippen LogP) is 2.27. The van der Waals surface area contributed by atoms with Crippen molar-refractivity contribution in [2.75, 3.05) is 32.8 Å². The molecule has 1 fully saturated rings. The Morgan fingerprint density at radius 3 is 2.82 bits per heavy atom. The highest BCUT2D eigenvalue weighted by molar-refractivity contribution is 4.70. The van der Waals surface area contributed by atoms with Crippen molar-refractivity contribution in [3.8, 4) is 0 Å². The van der Waals surface area contributed by atoms with Crippen LogP contribution in [0.1, 0.15) is 46.5 Å². The van der Waals surface area contributed by atoms with Crippen LogP contribution in [-0.2, 0) is 4.74 Å². The van der Waals surface area contributed by atoms with E-state index in [-0.39, 0.29) is 0 Å². The van der Waals surface area contributed by atoms with Crippen LogP contribution in [0, 0.1) is 0 Å². The minimum absolute atomic E-state index is 0.478. The van der Waals surface area contributed by atoms with E-state index < -0.39 is 0 Å². The first kappa shape index (κ1) is 14.9. The van der Waals surface area contributed by atoms with Gasteiger partial charge in [-0.2, -0.15) is 0 Å². The number of ether oxygens (including phenoxy) is 1. The van der Waals surface area contributed by atoms with Gasteiger partial charge in [-0.3, -0.25) is 4.90 Å². The van der Waals surface area contributed by atoms with Gasteiger partial charge in [-0.15, -0.1) is 0 Å². The van der Waals surface area contributed by atoms with E-state index >= 15 is 0 Å². The standard InChI is InChI=1S/C14H30N2O/c1-4-14-12-16(10-11-17-14)9-7-5-6-8-15-13(2)3/h13-15H,4-12H2,1-3H3. The molecule has 1 N–H and O–H groups in total. The number of unbranched alkanes of at least 4 members (excludes halogenated alkanes) is 2. The molecule has 3 heteroatoms. The summed E-state index contributed by atoms with van der Waals surface area (Å²) in [5, 5.41) is 3.47. The molecule has 0 saturated carbocycles. The van der Waals surface area contributed by atoms with Crippen molar-refractivity contribution in [1.82, 2.24) is 10.2 Å². The van der Waals surface area contributed by atoms with E-state index in [9.17, 15) is 0 Å². The summed E-state index contributed by atoms with van der Waals surface area (Å²) in [5.74, 6) is 0. The molecule has 1 aliphatic rings. The van der Waals surface area contributed by atoms with Crippen LogP contribution in [0.15, 0.2) is 0 Å². The van der Waals surface area contributed by atoms with Gasteiger partial charge < -0.3 is 10.1 Å². The van der Waals surface area contributed by atoms with Crippen LogP contribution in [0.2, 0.25) is 0 Å². The van der Waals surface area contributed by atoms with E-state index in [2.05, 4.69) is 31.0 Å². The average molecular weight is 242 g/mol. The molecule has 3 nitrogen and oxygen atoms in total. The van der Waals surface area contributed by atoms with Gasteiger partial charge in [0.1, 0.15) is 0 Å². The van der Waals surface area contributed by atoms with Crippen LogP contribution in [0.3, 0.4) is 0 Å². The molecule has 0 amide bonds. The third kappa shape index (κ3) is 7.02. The fourth-order valence-corrected chi connectivity index (χ4v) is 2.26. The largest absolute Gasteiger partial charge is 0.376 e. The quantitative estimate of drug-likeness (QED) is 0.661. The van der Waals surface area contributed by atoms with Crippen molar-refractivity contribution in [2.45, 2.75) is 58.6 Å². The van der Waals surface area contributed by atoms with E-state index in [0.717, 1.165) is 26.1 Å². The molecule has 0 radical (unpaired) electrons. The Kier molecular flexibility index (Phi) is 7.82. The van der Waals surface area contributed by atoms with Crippen LogP contribution >= 0.6 is 0 Å². The summed E-state index contributed by atoms with van der Waals surface area (Å²) in [5.41, 5.74) is 0. The molecule has 1 atom stereocenters. The van der Waals surface area contributed by atoms with Gasteiger partial charge in [0.05, 0.1) is 12.7 Å². The van der Waals surface area contributed by atoms with Crippen LogP contribution < -0.4 is 5.32 Å². The van der Waals surface area contributed by atoms with Gasteiger partial charge in [-0.25, -0.2) is 0 Å². The highest BCUT2D eigenvalue weighted by Crippen LogP contribution is 2.09. The van der Waals surface area contributed by atoms with E-state index in [0.29, 0.717) is 12.1 Å². The third-order valence-corrected chi connectivity index (χ3v) is 3.38. The zero-order valence-electron chi connectivity index (χ0n) is 11.9. The Morgan fingerprint density at radius 2 is 2.12 bits per heavy atom. The molecule has 17 heavy (non-hydrogen) atoms. The maximum atomic E-state index is 5.68. The second-order valence-electron chi connectivity index (χ2n) is 5.37. The molecular weight excluding hydrogens is 212 g/mol. The lowest BCUT2D eigenvalue weighted by Crippen LogP contribution is -2.42. The van der Waals surface area contributed by atoms with Gasteiger partial charge in [-0.1, -0.05) is 27.2 Å². The normalized spacial score (nSPS) is 22.2. The molecule has 0 aromatic rings. The first-order chi connectivity index (χ1) is 8.22. The van der Waals surface area contributed by atoms with Crippen LogP contribution in [0.4, 0.5) is 0 Å². The van der Waals surface area contributed by atoms with Crippen molar-refractivity contribution in [1.29, 1.82) is 0 Å². The maximum Gasteiger partial charge on any atom is 0.0700 e. The minimum Gasteiger partial charge on any atom is -0.376 e. The van der Waals surface area contributed by atoms with E-state index in [1.807, 2.05) is 0 Å². The first-order valence-electron chi connectivity index (χ1n) is 7.29. The van der Waals surface area contributed by atoms with Crippen molar-refractivity contribution in [2.24, 2.45) is 0 Å². The summed E-state index contributed by atoms with van der Waals surface area (Å²) >= 11 is 0. The number of nitrogens with one attached hydrogen (secondary N) is 1. The zero-order valence-corrected chi connectivity index (χ0v) is 11.9. The minimum atomic E-state index is 0.478. The zero-order chi connectivity index (χ0) is 12.5. The van der Waals surface area contributed by atoms with E-state index in [4.69, 9.17) is 4.74 Å². The molecule has 1 unspecified atom stereocenters. The summed E-state index contributed by atoms with van der Waals surface area (Å²) in [7, 11) is 0. The summed E-state index contributed by atoms with van der Waals surface area (Å²) < 4.78 is 5.68. The molecular formula is C14H30N2O. The lowest BCUT2D eigenvalue weighted by atomic mass is 10.2. The van der Waals surface area contributed by atoms with Gasteiger partial charge in [0, 0.05) is 19.1 Å². The molecule has 1 rings (SSSR count). The molecule has 102 valence electrons. The molecule has 0 spiro atoms. The fourth-order valence-electron chi connectivity index (χ4n) is 2.26. The number of hydrogen-bond acceptors (Lipinski definition) is 3. The van der Waals surface area contributed by atoms with Crippen molar-refractivity contribution < 1.29 is 4.74 Å². The maximum absolute atomic E-state index is 5.68. The van der Waals surface area contributed by atoms with Crippen LogP contribution in [0.25, 0.3) is 0 Å². The lowest BCUT2D eigenvalue weighted by Gasteiger charge is -2.32. The summed E-state index contributed by atoms with van der Waals surface area (Å²) in [6.45, 7) is 12.2. The second-order valence-corrected chi connectivity index (χ2v) is 5.37. The van der Waals surface area contributed by atoms with E-state index in [1.165, 1.54) is 32.4 Å².